The molecule has 0 aliphatic rings. The molecule has 0 aliphatic heterocycles. The Morgan fingerprint density at radius 3 is 2.82 bits per heavy atom. The maximum atomic E-state index is 12.8. The van der Waals surface area contributed by atoms with Crippen LogP contribution < -0.4 is 10.1 Å². The smallest absolute Gasteiger partial charge is 0.214 e. The number of hydrogen-bond donors (Lipinski definition) is 1. The average Bonchev–Trinajstić information content (AvgIpc) is 2.37. The van der Waals surface area contributed by atoms with Crippen LogP contribution in [0, 0.1) is 5.95 Å². The first-order valence-electron chi connectivity index (χ1n) is 5.13. The number of ether oxygens (including phenoxy) is 1. The standard InChI is InChI=1S/C12H12FN3O/c1-17-12-6-5-9(8-15-12)7-14-11-4-2-3-10(13)16-11/h2-6,8H,7H2,1H3,(H,14,16). The maximum absolute atomic E-state index is 12.8. The molecule has 0 amide bonds. The highest BCUT2D eigenvalue weighted by Gasteiger charge is 1.98. The normalized spacial score (nSPS) is 10.0. The van der Waals surface area contributed by atoms with Crippen LogP contribution in [-0.4, -0.2) is 17.1 Å². The molecule has 4 nitrogen and oxygen atoms in total. The number of hydrogen-bond acceptors (Lipinski definition) is 4. The van der Waals surface area contributed by atoms with E-state index in [1.165, 1.54) is 6.07 Å². The van der Waals surface area contributed by atoms with Gasteiger partial charge in [-0.25, -0.2) is 9.97 Å². The number of pyridine rings is 2. The van der Waals surface area contributed by atoms with Crippen LogP contribution >= 0.6 is 0 Å². The molecular formula is C12H12FN3O. The van der Waals surface area contributed by atoms with Crippen molar-refractivity contribution < 1.29 is 9.13 Å². The Bertz CT molecular complexity index is 487. The van der Waals surface area contributed by atoms with Gasteiger partial charge in [-0.15, -0.1) is 0 Å². The van der Waals surface area contributed by atoms with Gasteiger partial charge in [0.2, 0.25) is 11.8 Å². The minimum atomic E-state index is -0.497. The minimum absolute atomic E-state index is 0.497. The highest BCUT2D eigenvalue weighted by molar-refractivity contribution is 5.34. The summed E-state index contributed by atoms with van der Waals surface area (Å²) < 4.78 is 17.8. The number of nitrogens with zero attached hydrogens (tertiary/aromatic N) is 2. The predicted octanol–water partition coefficient (Wildman–Crippen LogP) is 2.24. The first kappa shape index (κ1) is 11.3. The van der Waals surface area contributed by atoms with Crippen LogP contribution in [0.5, 0.6) is 5.88 Å². The van der Waals surface area contributed by atoms with Crippen molar-refractivity contribution in [3.8, 4) is 5.88 Å². The lowest BCUT2D eigenvalue weighted by Crippen LogP contribution is -2.02. The van der Waals surface area contributed by atoms with Crippen LogP contribution in [0.4, 0.5) is 10.2 Å². The Kier molecular flexibility index (Phi) is 3.49. The van der Waals surface area contributed by atoms with Gasteiger partial charge in [0, 0.05) is 18.8 Å². The van der Waals surface area contributed by atoms with Crippen LogP contribution in [0.15, 0.2) is 36.5 Å². The maximum Gasteiger partial charge on any atom is 0.214 e. The second kappa shape index (κ2) is 5.25. The molecule has 0 fully saturated rings. The lowest BCUT2D eigenvalue weighted by atomic mass is 10.3. The SMILES string of the molecule is COc1ccc(CNc2cccc(F)n2)cn1. The third-order valence-corrected chi connectivity index (χ3v) is 2.20. The quantitative estimate of drug-likeness (QED) is 0.823. The summed E-state index contributed by atoms with van der Waals surface area (Å²) in [5.74, 6) is 0.571. The van der Waals surface area contributed by atoms with Gasteiger partial charge < -0.3 is 10.1 Å². The van der Waals surface area contributed by atoms with Crippen molar-refractivity contribution in [3.05, 3.63) is 48.0 Å². The van der Waals surface area contributed by atoms with Gasteiger partial charge in [0.1, 0.15) is 5.82 Å². The first-order chi connectivity index (χ1) is 8.28. The zero-order chi connectivity index (χ0) is 12.1. The molecule has 0 aromatic carbocycles. The summed E-state index contributed by atoms with van der Waals surface area (Å²) in [4.78, 5) is 7.77. The zero-order valence-electron chi connectivity index (χ0n) is 9.35. The number of nitrogens with one attached hydrogen (secondary N) is 1. The molecule has 88 valence electrons. The largest absolute Gasteiger partial charge is 0.481 e. The van der Waals surface area contributed by atoms with Crippen LogP contribution in [0.3, 0.4) is 0 Å². The molecule has 0 saturated carbocycles. The molecule has 0 spiro atoms. The van der Waals surface area contributed by atoms with Crippen LogP contribution in [0.2, 0.25) is 0 Å². The zero-order valence-corrected chi connectivity index (χ0v) is 9.35. The van der Waals surface area contributed by atoms with Crippen molar-refractivity contribution >= 4 is 5.82 Å². The number of rotatable bonds is 4. The van der Waals surface area contributed by atoms with Gasteiger partial charge in [0.15, 0.2) is 0 Å². The lowest BCUT2D eigenvalue weighted by Gasteiger charge is -2.05. The van der Waals surface area contributed by atoms with E-state index in [0.29, 0.717) is 18.2 Å². The fourth-order valence-electron chi connectivity index (χ4n) is 1.34. The fourth-order valence-corrected chi connectivity index (χ4v) is 1.34. The van der Waals surface area contributed by atoms with E-state index < -0.39 is 5.95 Å². The summed E-state index contributed by atoms with van der Waals surface area (Å²) in [6.45, 7) is 0.535. The van der Waals surface area contributed by atoms with Crippen molar-refractivity contribution in [2.45, 2.75) is 6.54 Å². The van der Waals surface area contributed by atoms with E-state index >= 15 is 0 Å². The monoisotopic (exact) mass is 233 g/mol. The topological polar surface area (TPSA) is 47.0 Å². The number of methoxy groups -OCH3 is 1. The van der Waals surface area contributed by atoms with E-state index in [4.69, 9.17) is 4.74 Å². The van der Waals surface area contributed by atoms with Gasteiger partial charge in [0.05, 0.1) is 7.11 Å². The summed E-state index contributed by atoms with van der Waals surface area (Å²) in [6.07, 6.45) is 1.70. The highest BCUT2D eigenvalue weighted by atomic mass is 19.1. The average molecular weight is 233 g/mol. The van der Waals surface area contributed by atoms with E-state index in [2.05, 4.69) is 15.3 Å². The van der Waals surface area contributed by atoms with Crippen LogP contribution in [-0.2, 0) is 6.54 Å². The Morgan fingerprint density at radius 2 is 2.18 bits per heavy atom. The molecule has 2 heterocycles. The molecule has 0 unspecified atom stereocenters. The molecule has 0 aliphatic carbocycles. The Morgan fingerprint density at radius 1 is 1.29 bits per heavy atom. The molecule has 2 aromatic rings. The molecule has 0 radical (unpaired) electrons. The molecule has 17 heavy (non-hydrogen) atoms. The molecule has 0 saturated heterocycles. The molecule has 1 N–H and O–H groups in total. The summed E-state index contributed by atoms with van der Waals surface area (Å²) in [5.41, 5.74) is 0.969. The van der Waals surface area contributed by atoms with Crippen molar-refractivity contribution in [1.82, 2.24) is 9.97 Å². The predicted molar refractivity (Wildman–Crippen MR) is 62.3 cm³/mol. The van der Waals surface area contributed by atoms with Gasteiger partial charge in [-0.2, -0.15) is 4.39 Å². The first-order valence-corrected chi connectivity index (χ1v) is 5.13. The van der Waals surface area contributed by atoms with Crippen molar-refractivity contribution in [2.75, 3.05) is 12.4 Å². The van der Waals surface area contributed by atoms with Crippen molar-refractivity contribution in [2.24, 2.45) is 0 Å². The van der Waals surface area contributed by atoms with Gasteiger partial charge in [0.25, 0.3) is 0 Å². The number of aromatic nitrogens is 2. The molecular weight excluding hydrogens is 221 g/mol. The van der Waals surface area contributed by atoms with Crippen molar-refractivity contribution in [3.63, 3.8) is 0 Å². The highest BCUT2D eigenvalue weighted by Crippen LogP contribution is 2.09. The summed E-state index contributed by atoms with van der Waals surface area (Å²) in [6, 6.07) is 8.28. The van der Waals surface area contributed by atoms with E-state index in [9.17, 15) is 4.39 Å². The molecule has 5 heteroatoms. The second-order valence-corrected chi connectivity index (χ2v) is 3.41. The Hall–Kier alpha value is -2.17. The van der Waals surface area contributed by atoms with Gasteiger partial charge >= 0.3 is 0 Å². The van der Waals surface area contributed by atoms with Crippen LogP contribution in [0.1, 0.15) is 5.56 Å². The fraction of sp³-hybridized carbons (Fsp3) is 0.167. The van der Waals surface area contributed by atoms with E-state index in [1.54, 1.807) is 31.5 Å². The number of anilines is 1. The Balaban J connectivity index is 1.97. The van der Waals surface area contributed by atoms with E-state index in [1.807, 2.05) is 6.07 Å². The lowest BCUT2D eigenvalue weighted by molar-refractivity contribution is 0.397. The Labute approximate surface area is 98.5 Å². The molecule has 2 aromatic heterocycles. The summed E-state index contributed by atoms with van der Waals surface area (Å²) >= 11 is 0. The molecule has 2 rings (SSSR count). The third-order valence-electron chi connectivity index (χ3n) is 2.20. The van der Waals surface area contributed by atoms with Gasteiger partial charge in [-0.1, -0.05) is 12.1 Å². The molecule has 0 bridgehead atoms. The third kappa shape index (κ3) is 3.14. The van der Waals surface area contributed by atoms with Crippen molar-refractivity contribution in [1.29, 1.82) is 0 Å². The van der Waals surface area contributed by atoms with Gasteiger partial charge in [-0.3, -0.25) is 0 Å². The van der Waals surface area contributed by atoms with Crippen LogP contribution in [0.25, 0.3) is 0 Å². The van der Waals surface area contributed by atoms with E-state index in [-0.39, 0.29) is 0 Å². The number of halogens is 1. The summed E-state index contributed by atoms with van der Waals surface area (Å²) in [5, 5.41) is 3.01. The van der Waals surface area contributed by atoms with E-state index in [0.717, 1.165) is 5.56 Å². The minimum Gasteiger partial charge on any atom is -0.481 e. The summed E-state index contributed by atoms with van der Waals surface area (Å²) in [7, 11) is 1.57. The second-order valence-electron chi connectivity index (χ2n) is 3.41. The molecule has 0 atom stereocenters. The van der Waals surface area contributed by atoms with Gasteiger partial charge in [-0.05, 0) is 17.7 Å².